The highest BCUT2D eigenvalue weighted by molar-refractivity contribution is 8.00. The second kappa shape index (κ2) is 5.58. The Hall–Kier alpha value is -2.54. The van der Waals surface area contributed by atoms with Crippen molar-refractivity contribution in [1.82, 2.24) is 19.3 Å². The van der Waals surface area contributed by atoms with Crippen molar-refractivity contribution in [3.8, 4) is 5.69 Å². The van der Waals surface area contributed by atoms with Gasteiger partial charge in [0, 0.05) is 24.5 Å². The van der Waals surface area contributed by atoms with Crippen molar-refractivity contribution in [2.45, 2.75) is 5.25 Å². The zero-order chi connectivity index (χ0) is 15.8. The third-order valence-corrected chi connectivity index (χ3v) is 5.01. The highest BCUT2D eigenvalue weighted by atomic mass is 32.2. The lowest BCUT2D eigenvalue weighted by Gasteiger charge is -2.16. The SMILES string of the molecule is Cn1cc([C@@H]2SCC(=O)Nc3ncn(-c4ccccc4)c32)cn1. The van der Waals surface area contributed by atoms with E-state index in [-0.39, 0.29) is 11.2 Å². The molecule has 3 aromatic rings. The van der Waals surface area contributed by atoms with E-state index in [9.17, 15) is 4.79 Å². The number of carbonyl (C=O) groups excluding carboxylic acids is 1. The minimum absolute atomic E-state index is 0.000330. The van der Waals surface area contributed by atoms with Crippen LogP contribution in [-0.2, 0) is 11.8 Å². The number of amides is 1. The van der Waals surface area contributed by atoms with Gasteiger partial charge in [-0.3, -0.25) is 14.0 Å². The quantitative estimate of drug-likeness (QED) is 0.786. The van der Waals surface area contributed by atoms with E-state index in [1.165, 1.54) is 0 Å². The summed E-state index contributed by atoms with van der Waals surface area (Å²) in [5, 5.41) is 7.17. The number of nitrogens with one attached hydrogen (secondary N) is 1. The van der Waals surface area contributed by atoms with Crippen LogP contribution in [0, 0.1) is 0 Å². The lowest BCUT2D eigenvalue weighted by Crippen LogP contribution is -2.12. The van der Waals surface area contributed by atoms with Crippen molar-refractivity contribution in [2.75, 3.05) is 11.1 Å². The molecule has 2 aromatic heterocycles. The van der Waals surface area contributed by atoms with E-state index in [4.69, 9.17) is 0 Å². The number of carbonyl (C=O) groups is 1. The molecule has 1 aliphatic rings. The lowest BCUT2D eigenvalue weighted by atomic mass is 10.1. The second-order valence-corrected chi connectivity index (χ2v) is 6.46. The van der Waals surface area contributed by atoms with Crippen LogP contribution in [0.1, 0.15) is 16.5 Å². The number of hydrogen-bond donors (Lipinski definition) is 1. The molecule has 1 amide bonds. The van der Waals surface area contributed by atoms with Crippen LogP contribution in [0.2, 0.25) is 0 Å². The number of nitrogens with zero attached hydrogens (tertiary/aromatic N) is 4. The number of anilines is 1. The molecule has 1 aromatic carbocycles. The van der Waals surface area contributed by atoms with E-state index in [1.807, 2.05) is 54.3 Å². The molecule has 0 unspecified atom stereocenters. The van der Waals surface area contributed by atoms with Gasteiger partial charge in [-0.1, -0.05) is 18.2 Å². The summed E-state index contributed by atoms with van der Waals surface area (Å²) in [6.07, 6.45) is 5.59. The summed E-state index contributed by atoms with van der Waals surface area (Å²) in [6.45, 7) is 0. The molecule has 0 radical (unpaired) electrons. The van der Waals surface area contributed by atoms with Crippen LogP contribution in [0.15, 0.2) is 49.1 Å². The number of imidazole rings is 1. The van der Waals surface area contributed by atoms with Gasteiger partial charge in [-0.15, -0.1) is 11.8 Å². The summed E-state index contributed by atoms with van der Waals surface area (Å²) in [5.41, 5.74) is 3.06. The van der Waals surface area contributed by atoms with Crippen LogP contribution in [0.3, 0.4) is 0 Å². The van der Waals surface area contributed by atoms with Crippen LogP contribution in [0.25, 0.3) is 5.69 Å². The molecule has 6 nitrogen and oxygen atoms in total. The number of rotatable bonds is 2. The first kappa shape index (κ1) is 14.1. The molecule has 1 atom stereocenters. The van der Waals surface area contributed by atoms with Gasteiger partial charge in [0.2, 0.25) is 5.91 Å². The van der Waals surface area contributed by atoms with Gasteiger partial charge in [0.25, 0.3) is 0 Å². The molecule has 0 fully saturated rings. The Morgan fingerprint density at radius 3 is 2.87 bits per heavy atom. The van der Waals surface area contributed by atoms with Gasteiger partial charge in [0.15, 0.2) is 5.82 Å². The third kappa shape index (κ3) is 2.53. The Labute approximate surface area is 137 Å². The largest absolute Gasteiger partial charge is 0.308 e. The number of aryl methyl sites for hydroxylation is 1. The van der Waals surface area contributed by atoms with Crippen LogP contribution >= 0.6 is 11.8 Å². The topological polar surface area (TPSA) is 64.7 Å². The first-order chi connectivity index (χ1) is 11.2. The smallest absolute Gasteiger partial charge is 0.235 e. The maximum Gasteiger partial charge on any atom is 0.235 e. The fraction of sp³-hybridized carbons (Fsp3) is 0.188. The average molecular weight is 325 g/mol. The lowest BCUT2D eigenvalue weighted by molar-refractivity contribution is -0.113. The second-order valence-electron chi connectivity index (χ2n) is 5.37. The van der Waals surface area contributed by atoms with Crippen molar-refractivity contribution in [1.29, 1.82) is 0 Å². The van der Waals surface area contributed by atoms with Crippen LogP contribution in [-0.4, -0.2) is 31.0 Å². The molecule has 3 heterocycles. The number of fused-ring (bicyclic) bond motifs is 1. The Balaban J connectivity index is 1.88. The number of hydrogen-bond acceptors (Lipinski definition) is 4. The minimum Gasteiger partial charge on any atom is -0.308 e. The Morgan fingerprint density at radius 1 is 1.30 bits per heavy atom. The number of thioether (sulfide) groups is 1. The van der Waals surface area contributed by atoms with E-state index in [0.717, 1.165) is 16.9 Å². The van der Waals surface area contributed by atoms with Crippen LogP contribution < -0.4 is 5.32 Å². The molecule has 1 aliphatic heterocycles. The van der Waals surface area contributed by atoms with Crippen molar-refractivity contribution in [2.24, 2.45) is 7.05 Å². The molecule has 4 rings (SSSR count). The van der Waals surface area contributed by atoms with Gasteiger partial charge < -0.3 is 5.32 Å². The maximum absolute atomic E-state index is 12.0. The average Bonchev–Trinajstić information content (AvgIpc) is 3.12. The van der Waals surface area contributed by atoms with E-state index in [0.29, 0.717) is 11.6 Å². The van der Waals surface area contributed by atoms with E-state index >= 15 is 0 Å². The number of aromatic nitrogens is 4. The predicted octanol–water partition coefficient (Wildman–Crippen LogP) is 2.38. The zero-order valence-corrected chi connectivity index (χ0v) is 13.3. The normalized spacial score (nSPS) is 17.4. The fourth-order valence-corrected chi connectivity index (χ4v) is 3.82. The maximum atomic E-state index is 12.0. The van der Waals surface area contributed by atoms with Crippen LogP contribution in [0.4, 0.5) is 5.82 Å². The minimum atomic E-state index is -0.0269. The van der Waals surface area contributed by atoms with E-state index in [2.05, 4.69) is 15.4 Å². The third-order valence-electron chi connectivity index (χ3n) is 3.75. The number of benzene rings is 1. The fourth-order valence-electron chi connectivity index (χ4n) is 2.73. The number of para-hydroxylation sites is 1. The Morgan fingerprint density at radius 2 is 2.13 bits per heavy atom. The molecule has 0 saturated heterocycles. The van der Waals surface area contributed by atoms with E-state index in [1.54, 1.807) is 22.8 Å². The Bertz CT molecular complexity index is 854. The summed E-state index contributed by atoms with van der Waals surface area (Å²) in [7, 11) is 1.89. The summed E-state index contributed by atoms with van der Waals surface area (Å²) in [6, 6.07) is 10.0. The predicted molar refractivity (Wildman–Crippen MR) is 89.7 cm³/mol. The molecule has 116 valence electrons. The van der Waals surface area contributed by atoms with Crippen molar-refractivity contribution in [3.05, 3.63) is 60.3 Å². The molecular weight excluding hydrogens is 310 g/mol. The molecule has 0 bridgehead atoms. The summed E-state index contributed by atoms with van der Waals surface area (Å²) in [4.78, 5) is 16.4. The molecule has 0 saturated carbocycles. The monoisotopic (exact) mass is 325 g/mol. The standard InChI is InChI=1S/C16H15N5OS/c1-20-8-11(7-18-20)15-14-16(19-13(22)9-23-15)17-10-21(14)12-5-3-2-4-6-12/h2-8,10,15H,9H2,1H3,(H,19,22)/t15-/m0/s1. The summed E-state index contributed by atoms with van der Waals surface area (Å²) in [5.74, 6) is 0.990. The van der Waals surface area contributed by atoms with Crippen molar-refractivity contribution < 1.29 is 4.79 Å². The summed E-state index contributed by atoms with van der Waals surface area (Å²) >= 11 is 1.59. The highest BCUT2D eigenvalue weighted by Gasteiger charge is 2.29. The van der Waals surface area contributed by atoms with Gasteiger partial charge >= 0.3 is 0 Å². The first-order valence-electron chi connectivity index (χ1n) is 7.25. The van der Waals surface area contributed by atoms with Gasteiger partial charge in [-0.2, -0.15) is 5.10 Å². The van der Waals surface area contributed by atoms with Crippen molar-refractivity contribution in [3.63, 3.8) is 0 Å². The molecule has 1 N–H and O–H groups in total. The van der Waals surface area contributed by atoms with E-state index < -0.39 is 0 Å². The highest BCUT2D eigenvalue weighted by Crippen LogP contribution is 2.41. The molecule has 0 spiro atoms. The molecule has 23 heavy (non-hydrogen) atoms. The van der Waals surface area contributed by atoms with Gasteiger partial charge in [0.05, 0.1) is 22.9 Å². The van der Waals surface area contributed by atoms with Gasteiger partial charge in [-0.25, -0.2) is 4.98 Å². The van der Waals surface area contributed by atoms with Crippen LogP contribution in [0.5, 0.6) is 0 Å². The van der Waals surface area contributed by atoms with Gasteiger partial charge in [-0.05, 0) is 12.1 Å². The molecule has 7 heteroatoms. The zero-order valence-electron chi connectivity index (χ0n) is 12.5. The van der Waals surface area contributed by atoms with Crippen molar-refractivity contribution >= 4 is 23.5 Å². The Kier molecular flexibility index (Phi) is 3.42. The first-order valence-corrected chi connectivity index (χ1v) is 8.30. The molecular formula is C16H15N5OS. The van der Waals surface area contributed by atoms with Gasteiger partial charge in [0.1, 0.15) is 6.33 Å². The summed E-state index contributed by atoms with van der Waals surface area (Å²) < 4.78 is 3.81. The molecule has 0 aliphatic carbocycles.